The molecule has 0 aliphatic carbocycles. The lowest BCUT2D eigenvalue weighted by Crippen LogP contribution is -2.41. The number of imide groups is 1. The van der Waals surface area contributed by atoms with Gasteiger partial charge >= 0.3 is 0 Å². The maximum atomic E-state index is 12.7. The Morgan fingerprint density at radius 3 is 2.52 bits per heavy atom. The van der Waals surface area contributed by atoms with E-state index >= 15 is 0 Å². The summed E-state index contributed by atoms with van der Waals surface area (Å²) >= 11 is 3.47. The first kappa shape index (κ1) is 17.4. The van der Waals surface area contributed by atoms with Gasteiger partial charge in [-0.1, -0.05) is 34.6 Å². The van der Waals surface area contributed by atoms with Gasteiger partial charge in [0, 0.05) is 39.6 Å². The summed E-state index contributed by atoms with van der Waals surface area (Å²) in [4.78, 5) is 38.2. The molecule has 3 amide bonds. The van der Waals surface area contributed by atoms with Crippen molar-refractivity contribution >= 4 is 44.4 Å². The molecule has 0 saturated carbocycles. The molecular weight excluding hydrogens is 384 g/mol. The zero-order chi connectivity index (χ0) is 18.1. The lowest BCUT2D eigenvalue weighted by Gasteiger charge is -2.27. The number of halogens is 1. The first-order chi connectivity index (χ1) is 11.9. The van der Waals surface area contributed by atoms with E-state index in [0.29, 0.717) is 35.1 Å². The van der Waals surface area contributed by atoms with E-state index in [1.54, 1.807) is 19.1 Å². The average molecular weight is 401 g/mol. The van der Waals surface area contributed by atoms with Gasteiger partial charge in [0.2, 0.25) is 5.91 Å². The summed E-state index contributed by atoms with van der Waals surface area (Å²) in [7, 11) is 0. The van der Waals surface area contributed by atoms with Crippen molar-refractivity contribution in [1.82, 2.24) is 10.2 Å². The molecule has 1 N–H and O–H groups in total. The number of carbonyl (C=O) groups is 3. The third-order valence-corrected chi connectivity index (χ3v) is 4.86. The molecule has 25 heavy (non-hydrogen) atoms. The number of amides is 3. The second kappa shape index (κ2) is 6.80. The lowest BCUT2D eigenvalue weighted by atomic mass is 9.94. The molecule has 1 aliphatic heterocycles. The van der Waals surface area contributed by atoms with Gasteiger partial charge < -0.3 is 5.32 Å². The predicted octanol–water partition coefficient (Wildman–Crippen LogP) is 3.28. The van der Waals surface area contributed by atoms with Gasteiger partial charge in [0.15, 0.2) is 0 Å². The third-order valence-electron chi connectivity index (χ3n) is 4.17. The molecule has 2 aromatic rings. The van der Waals surface area contributed by atoms with Crippen molar-refractivity contribution in [2.75, 3.05) is 13.1 Å². The van der Waals surface area contributed by atoms with Crippen LogP contribution in [0.2, 0.25) is 0 Å². The Kier molecular flexibility index (Phi) is 4.72. The highest BCUT2D eigenvalue weighted by Crippen LogP contribution is 2.34. The molecule has 0 bridgehead atoms. The Labute approximate surface area is 153 Å². The zero-order valence-corrected chi connectivity index (χ0v) is 15.4. The molecule has 0 unspecified atom stereocenters. The molecule has 0 atom stereocenters. The van der Waals surface area contributed by atoms with Crippen molar-refractivity contribution in [2.45, 2.75) is 13.3 Å². The van der Waals surface area contributed by atoms with Crippen LogP contribution in [-0.2, 0) is 4.79 Å². The minimum Gasteiger partial charge on any atom is -0.352 e. The van der Waals surface area contributed by atoms with Gasteiger partial charge in [-0.15, -0.1) is 0 Å². The van der Waals surface area contributed by atoms with E-state index in [1.807, 2.05) is 18.2 Å². The summed E-state index contributed by atoms with van der Waals surface area (Å²) in [5.74, 6) is -0.823. The Bertz CT molecular complexity index is 898. The quantitative estimate of drug-likeness (QED) is 0.475. The molecule has 1 heterocycles. The highest BCUT2D eigenvalue weighted by Gasteiger charge is 2.32. The van der Waals surface area contributed by atoms with Crippen LogP contribution in [0.4, 0.5) is 0 Å². The van der Waals surface area contributed by atoms with E-state index in [0.717, 1.165) is 9.86 Å². The molecule has 0 saturated heterocycles. The Hall–Kier alpha value is -2.47. The normalized spacial score (nSPS) is 13.3. The second-order valence-corrected chi connectivity index (χ2v) is 6.83. The number of nitrogens with one attached hydrogen (secondary N) is 1. The number of benzene rings is 2. The van der Waals surface area contributed by atoms with Gasteiger partial charge in [0.25, 0.3) is 11.8 Å². The van der Waals surface area contributed by atoms with Gasteiger partial charge in [-0.25, -0.2) is 0 Å². The maximum Gasteiger partial charge on any atom is 0.261 e. The first-order valence-corrected chi connectivity index (χ1v) is 8.72. The number of rotatable bonds is 5. The summed E-state index contributed by atoms with van der Waals surface area (Å²) in [6.07, 6.45) is 0.484. The molecule has 0 aromatic heterocycles. The molecule has 2 aromatic carbocycles. The van der Waals surface area contributed by atoms with Crippen LogP contribution in [0.1, 0.15) is 34.1 Å². The smallest absolute Gasteiger partial charge is 0.261 e. The van der Waals surface area contributed by atoms with Crippen LogP contribution in [0.15, 0.2) is 47.0 Å². The number of nitrogens with zero attached hydrogens (tertiary/aromatic N) is 1. The van der Waals surface area contributed by atoms with Crippen molar-refractivity contribution in [1.29, 1.82) is 0 Å². The molecule has 0 radical (unpaired) electrons. The van der Waals surface area contributed by atoms with Crippen molar-refractivity contribution in [3.63, 3.8) is 0 Å². The van der Waals surface area contributed by atoms with Gasteiger partial charge in [-0.2, -0.15) is 0 Å². The average Bonchev–Trinajstić information content (AvgIpc) is 2.59. The fraction of sp³-hybridized carbons (Fsp3) is 0.211. The molecule has 1 aliphatic rings. The maximum absolute atomic E-state index is 12.7. The van der Waals surface area contributed by atoms with E-state index < -0.39 is 0 Å². The second-order valence-electron chi connectivity index (χ2n) is 5.97. The largest absolute Gasteiger partial charge is 0.352 e. The molecule has 5 nitrogen and oxygen atoms in total. The summed E-state index contributed by atoms with van der Waals surface area (Å²) in [5.41, 5.74) is 1.48. The van der Waals surface area contributed by atoms with Gasteiger partial charge in [-0.05, 0) is 36.9 Å². The SMILES string of the molecule is C=C(C)C(=O)NCCCN1C(=O)c2cccc3c(Br)ccc(c23)C1=O. The fourth-order valence-electron chi connectivity index (χ4n) is 2.90. The van der Waals surface area contributed by atoms with Crippen molar-refractivity contribution in [3.8, 4) is 0 Å². The molecule has 0 fully saturated rings. The molecule has 128 valence electrons. The summed E-state index contributed by atoms with van der Waals surface area (Å²) < 4.78 is 0.852. The monoisotopic (exact) mass is 400 g/mol. The highest BCUT2D eigenvalue weighted by molar-refractivity contribution is 9.10. The van der Waals surface area contributed by atoms with Crippen LogP contribution >= 0.6 is 15.9 Å². The van der Waals surface area contributed by atoms with Gasteiger partial charge in [0.05, 0.1) is 0 Å². The molecule has 3 rings (SSSR count). The predicted molar refractivity (Wildman–Crippen MR) is 99.5 cm³/mol. The van der Waals surface area contributed by atoms with Gasteiger partial charge in [-0.3, -0.25) is 19.3 Å². The van der Waals surface area contributed by atoms with Crippen LogP contribution in [-0.4, -0.2) is 35.7 Å². The van der Waals surface area contributed by atoms with Crippen molar-refractivity contribution in [2.24, 2.45) is 0 Å². The molecule has 0 spiro atoms. The first-order valence-electron chi connectivity index (χ1n) is 7.93. The zero-order valence-electron chi connectivity index (χ0n) is 13.8. The minimum atomic E-state index is -0.299. The Morgan fingerprint density at radius 2 is 1.84 bits per heavy atom. The minimum absolute atomic E-state index is 0.226. The Balaban J connectivity index is 1.82. The summed E-state index contributed by atoms with van der Waals surface area (Å²) in [5, 5.41) is 4.25. The van der Waals surface area contributed by atoms with Crippen LogP contribution in [0, 0.1) is 0 Å². The third kappa shape index (κ3) is 3.09. The van der Waals surface area contributed by atoms with Crippen molar-refractivity contribution in [3.05, 3.63) is 58.1 Å². The standard InChI is InChI=1S/C19H17BrN2O3/c1-11(2)17(23)21-9-4-10-22-18(24)13-6-3-5-12-15(20)8-7-14(16(12)13)19(22)25/h3,5-8H,1,4,9-10H2,2H3,(H,21,23). The van der Waals surface area contributed by atoms with E-state index in [2.05, 4.69) is 27.8 Å². The van der Waals surface area contributed by atoms with Crippen LogP contribution < -0.4 is 5.32 Å². The number of hydrogen-bond acceptors (Lipinski definition) is 3. The summed E-state index contributed by atoms with van der Waals surface area (Å²) in [6, 6.07) is 8.99. The topological polar surface area (TPSA) is 66.5 Å². The lowest BCUT2D eigenvalue weighted by molar-refractivity contribution is -0.117. The van der Waals surface area contributed by atoms with Crippen molar-refractivity contribution < 1.29 is 14.4 Å². The van der Waals surface area contributed by atoms with Crippen LogP contribution in [0.25, 0.3) is 10.8 Å². The van der Waals surface area contributed by atoms with Gasteiger partial charge in [0.1, 0.15) is 0 Å². The van der Waals surface area contributed by atoms with Crippen LogP contribution in [0.5, 0.6) is 0 Å². The Morgan fingerprint density at radius 1 is 1.16 bits per heavy atom. The molecular formula is C19H17BrN2O3. The highest BCUT2D eigenvalue weighted by atomic mass is 79.9. The summed E-state index contributed by atoms with van der Waals surface area (Å²) in [6.45, 7) is 5.82. The van der Waals surface area contributed by atoms with E-state index in [-0.39, 0.29) is 24.3 Å². The molecule has 6 heteroatoms. The fourth-order valence-corrected chi connectivity index (χ4v) is 3.37. The van der Waals surface area contributed by atoms with E-state index in [9.17, 15) is 14.4 Å². The van der Waals surface area contributed by atoms with E-state index in [4.69, 9.17) is 0 Å². The van der Waals surface area contributed by atoms with Crippen LogP contribution in [0.3, 0.4) is 0 Å². The number of hydrogen-bond donors (Lipinski definition) is 1. The van der Waals surface area contributed by atoms with E-state index in [1.165, 1.54) is 4.90 Å². The number of carbonyl (C=O) groups excluding carboxylic acids is 3.